The molecule has 0 bridgehead atoms. The predicted octanol–water partition coefficient (Wildman–Crippen LogP) is 3.18. The third-order valence-electron chi connectivity index (χ3n) is 2.72. The summed E-state index contributed by atoms with van der Waals surface area (Å²) in [6, 6.07) is 7.73. The van der Waals surface area contributed by atoms with Crippen LogP contribution < -0.4 is 5.32 Å². The molecule has 2 aromatic rings. The minimum absolute atomic E-state index is 0.156. The summed E-state index contributed by atoms with van der Waals surface area (Å²) in [6.45, 7) is 2.54. The molecule has 2 N–H and O–H groups in total. The normalized spacial score (nSPS) is 14.4. The molecule has 18 heavy (non-hydrogen) atoms. The van der Waals surface area contributed by atoms with Crippen molar-refractivity contribution in [3.8, 4) is 0 Å². The fourth-order valence-corrected chi connectivity index (χ4v) is 2.69. The standard InChI is InChI=1S/C13H15ClN2OS/c1-9(10-3-2-6-15-7-10)16-8-11(17)12-4-5-13(14)18-12/h2-7,9,11,16-17H,8H2,1H3. The number of nitrogens with one attached hydrogen (secondary N) is 1. The van der Waals surface area contributed by atoms with Gasteiger partial charge in [-0.15, -0.1) is 11.3 Å². The van der Waals surface area contributed by atoms with Crippen LogP contribution in [0.2, 0.25) is 4.34 Å². The van der Waals surface area contributed by atoms with Crippen molar-refractivity contribution in [3.63, 3.8) is 0 Å². The van der Waals surface area contributed by atoms with Gasteiger partial charge in [0.1, 0.15) is 6.10 Å². The highest BCUT2D eigenvalue weighted by molar-refractivity contribution is 7.16. The quantitative estimate of drug-likeness (QED) is 0.885. The van der Waals surface area contributed by atoms with E-state index in [-0.39, 0.29) is 6.04 Å². The summed E-state index contributed by atoms with van der Waals surface area (Å²) >= 11 is 7.25. The Morgan fingerprint density at radius 3 is 2.89 bits per heavy atom. The van der Waals surface area contributed by atoms with Crippen molar-refractivity contribution in [1.82, 2.24) is 10.3 Å². The van der Waals surface area contributed by atoms with Crippen LogP contribution in [0.1, 0.15) is 29.5 Å². The van der Waals surface area contributed by atoms with Gasteiger partial charge >= 0.3 is 0 Å². The van der Waals surface area contributed by atoms with Crippen LogP contribution in [0.15, 0.2) is 36.7 Å². The fraction of sp³-hybridized carbons (Fsp3) is 0.308. The molecular formula is C13H15ClN2OS. The zero-order valence-electron chi connectivity index (χ0n) is 10.0. The van der Waals surface area contributed by atoms with Crippen LogP contribution in [0.5, 0.6) is 0 Å². The van der Waals surface area contributed by atoms with E-state index in [1.807, 2.05) is 31.3 Å². The lowest BCUT2D eigenvalue weighted by atomic mass is 10.1. The Morgan fingerprint density at radius 2 is 2.28 bits per heavy atom. The molecule has 0 aliphatic heterocycles. The molecule has 0 saturated carbocycles. The highest BCUT2D eigenvalue weighted by Gasteiger charge is 2.12. The maximum Gasteiger partial charge on any atom is 0.101 e. The van der Waals surface area contributed by atoms with E-state index in [2.05, 4.69) is 10.3 Å². The molecule has 0 spiro atoms. The van der Waals surface area contributed by atoms with Crippen molar-refractivity contribution in [3.05, 3.63) is 51.4 Å². The smallest absolute Gasteiger partial charge is 0.101 e. The number of aliphatic hydroxyl groups is 1. The molecule has 0 radical (unpaired) electrons. The number of hydrogen-bond acceptors (Lipinski definition) is 4. The van der Waals surface area contributed by atoms with Crippen molar-refractivity contribution in [2.45, 2.75) is 19.1 Å². The first-order valence-corrected chi connectivity index (χ1v) is 6.93. The van der Waals surface area contributed by atoms with Gasteiger partial charge in [-0.1, -0.05) is 17.7 Å². The number of nitrogens with zero attached hydrogens (tertiary/aromatic N) is 1. The summed E-state index contributed by atoms with van der Waals surface area (Å²) in [4.78, 5) is 4.96. The zero-order valence-corrected chi connectivity index (χ0v) is 11.6. The Bertz CT molecular complexity index is 489. The third-order valence-corrected chi connectivity index (χ3v) is 4.06. The highest BCUT2D eigenvalue weighted by atomic mass is 35.5. The van der Waals surface area contributed by atoms with Gasteiger partial charge in [0.15, 0.2) is 0 Å². The number of hydrogen-bond donors (Lipinski definition) is 2. The number of aromatic nitrogens is 1. The number of thiophene rings is 1. The molecule has 2 rings (SSSR count). The first kappa shape index (κ1) is 13.5. The van der Waals surface area contributed by atoms with Crippen molar-refractivity contribution in [2.75, 3.05) is 6.54 Å². The summed E-state index contributed by atoms with van der Waals surface area (Å²) in [7, 11) is 0. The SMILES string of the molecule is CC(NCC(O)c1ccc(Cl)s1)c1cccnc1. The lowest BCUT2D eigenvalue weighted by Crippen LogP contribution is -2.24. The maximum absolute atomic E-state index is 10.0. The van der Waals surface area contributed by atoms with E-state index in [9.17, 15) is 5.11 Å². The van der Waals surface area contributed by atoms with Gasteiger partial charge in [0.05, 0.1) is 4.34 Å². The minimum Gasteiger partial charge on any atom is -0.386 e. The second-order valence-electron chi connectivity index (χ2n) is 4.07. The van der Waals surface area contributed by atoms with E-state index < -0.39 is 6.10 Å². The van der Waals surface area contributed by atoms with Crippen LogP contribution >= 0.6 is 22.9 Å². The van der Waals surface area contributed by atoms with E-state index in [1.54, 1.807) is 12.3 Å². The van der Waals surface area contributed by atoms with Gasteiger partial charge in [-0.3, -0.25) is 4.98 Å². The second-order valence-corrected chi connectivity index (χ2v) is 5.82. The monoisotopic (exact) mass is 282 g/mol. The lowest BCUT2D eigenvalue weighted by molar-refractivity contribution is 0.174. The third kappa shape index (κ3) is 3.53. The Kier molecular flexibility index (Phi) is 4.72. The van der Waals surface area contributed by atoms with Gasteiger partial charge in [-0.2, -0.15) is 0 Å². The topological polar surface area (TPSA) is 45.1 Å². The largest absolute Gasteiger partial charge is 0.386 e. The van der Waals surface area contributed by atoms with Crippen LogP contribution in [0.25, 0.3) is 0 Å². The molecule has 0 aliphatic rings. The van der Waals surface area contributed by atoms with E-state index in [1.165, 1.54) is 11.3 Å². The van der Waals surface area contributed by atoms with Crippen molar-refractivity contribution in [1.29, 1.82) is 0 Å². The van der Waals surface area contributed by atoms with Crippen LogP contribution in [0.3, 0.4) is 0 Å². The average Bonchev–Trinajstić information content (AvgIpc) is 2.83. The predicted molar refractivity (Wildman–Crippen MR) is 74.9 cm³/mol. The van der Waals surface area contributed by atoms with E-state index in [4.69, 9.17) is 11.6 Å². The van der Waals surface area contributed by atoms with Crippen LogP contribution in [-0.2, 0) is 0 Å². The van der Waals surface area contributed by atoms with Gasteiger partial charge in [0.25, 0.3) is 0 Å². The van der Waals surface area contributed by atoms with Crippen LogP contribution in [-0.4, -0.2) is 16.6 Å². The first-order chi connectivity index (χ1) is 8.66. The van der Waals surface area contributed by atoms with E-state index >= 15 is 0 Å². The van der Waals surface area contributed by atoms with Crippen molar-refractivity contribution >= 4 is 22.9 Å². The Balaban J connectivity index is 1.88. The molecule has 0 aliphatic carbocycles. The summed E-state index contributed by atoms with van der Waals surface area (Å²) in [6.07, 6.45) is 3.05. The maximum atomic E-state index is 10.0. The van der Waals surface area contributed by atoms with Crippen LogP contribution in [0.4, 0.5) is 0 Å². The van der Waals surface area contributed by atoms with Gasteiger partial charge in [0, 0.05) is 29.9 Å². The lowest BCUT2D eigenvalue weighted by Gasteiger charge is -2.16. The van der Waals surface area contributed by atoms with Gasteiger partial charge in [0.2, 0.25) is 0 Å². The molecule has 0 saturated heterocycles. The Hall–Kier alpha value is -0.940. The molecule has 96 valence electrons. The summed E-state index contributed by atoms with van der Waals surface area (Å²) in [5.41, 5.74) is 1.11. The molecule has 2 heterocycles. The van der Waals surface area contributed by atoms with Gasteiger partial charge < -0.3 is 10.4 Å². The Morgan fingerprint density at radius 1 is 1.44 bits per heavy atom. The van der Waals surface area contributed by atoms with Crippen molar-refractivity contribution < 1.29 is 5.11 Å². The number of rotatable bonds is 5. The van der Waals surface area contributed by atoms with E-state index in [0.29, 0.717) is 10.9 Å². The summed E-state index contributed by atoms with van der Waals surface area (Å²) in [5.74, 6) is 0. The zero-order chi connectivity index (χ0) is 13.0. The molecular weight excluding hydrogens is 268 g/mol. The molecule has 2 aromatic heterocycles. The molecule has 5 heteroatoms. The molecule has 0 fully saturated rings. The molecule has 2 atom stereocenters. The number of aliphatic hydroxyl groups excluding tert-OH is 1. The summed E-state index contributed by atoms with van der Waals surface area (Å²) < 4.78 is 0.698. The number of pyridine rings is 1. The highest BCUT2D eigenvalue weighted by Crippen LogP contribution is 2.26. The molecule has 0 aromatic carbocycles. The van der Waals surface area contributed by atoms with Gasteiger partial charge in [-0.05, 0) is 30.7 Å². The van der Waals surface area contributed by atoms with Crippen molar-refractivity contribution in [2.24, 2.45) is 0 Å². The minimum atomic E-state index is -0.526. The van der Waals surface area contributed by atoms with Crippen LogP contribution in [0, 0.1) is 0 Å². The molecule has 2 unspecified atom stereocenters. The Labute approximate surface area is 115 Å². The molecule has 3 nitrogen and oxygen atoms in total. The fourth-order valence-electron chi connectivity index (χ4n) is 1.65. The summed E-state index contributed by atoms with van der Waals surface area (Å²) in [5, 5.41) is 13.3. The average molecular weight is 283 g/mol. The van der Waals surface area contributed by atoms with E-state index in [0.717, 1.165) is 10.4 Å². The first-order valence-electron chi connectivity index (χ1n) is 5.73. The van der Waals surface area contributed by atoms with Gasteiger partial charge in [-0.25, -0.2) is 0 Å². The second kappa shape index (κ2) is 6.29. The number of halogens is 1. The molecule has 0 amide bonds.